The summed E-state index contributed by atoms with van der Waals surface area (Å²) < 4.78 is 7.96. The van der Waals surface area contributed by atoms with Gasteiger partial charge in [0.1, 0.15) is 26.3 Å². The summed E-state index contributed by atoms with van der Waals surface area (Å²) >= 11 is 6.85. The van der Waals surface area contributed by atoms with Crippen LogP contribution in [0.2, 0.25) is 5.02 Å². The van der Waals surface area contributed by atoms with Crippen molar-refractivity contribution in [1.29, 1.82) is 0 Å². The maximum Gasteiger partial charge on any atom is 0.165 e. The number of benzene rings is 2. The van der Waals surface area contributed by atoms with E-state index in [1.165, 1.54) is 0 Å². The first-order valence-corrected chi connectivity index (χ1v) is 10.0. The summed E-state index contributed by atoms with van der Waals surface area (Å²) in [7, 11) is 2.02. The number of aliphatic hydroxyl groups excluding tert-OH is 1. The van der Waals surface area contributed by atoms with Crippen molar-refractivity contribution in [3.63, 3.8) is 0 Å². The molecule has 2 aromatic carbocycles. The number of rotatable bonds is 5. The molecule has 0 aliphatic heterocycles. The van der Waals surface area contributed by atoms with E-state index >= 15 is 0 Å². The van der Waals surface area contributed by atoms with Crippen LogP contribution in [0, 0.1) is 0 Å². The molecule has 0 amide bonds. The van der Waals surface area contributed by atoms with E-state index in [2.05, 4.69) is 4.98 Å². The molecule has 0 aliphatic carbocycles. The van der Waals surface area contributed by atoms with Gasteiger partial charge in [-0.15, -0.1) is 0 Å². The Bertz CT molecular complexity index is 1370. The van der Waals surface area contributed by atoms with Crippen LogP contribution in [0.3, 0.4) is 0 Å². The molecule has 0 spiro atoms. The Morgan fingerprint density at radius 2 is 1.90 bits per heavy atom. The molecule has 1 unspecified atom stereocenters. The topological polar surface area (TPSA) is 73.1 Å². The summed E-state index contributed by atoms with van der Waals surface area (Å²) in [6.07, 6.45) is 4.43. The van der Waals surface area contributed by atoms with Crippen LogP contribution in [0.25, 0.3) is 32.8 Å². The van der Waals surface area contributed by atoms with Crippen LogP contribution in [-0.2, 0) is 6.54 Å². The number of nitrogens with zero attached hydrogens (tertiary/aromatic N) is 4. The van der Waals surface area contributed by atoms with E-state index in [4.69, 9.17) is 26.3 Å². The second-order valence-electron chi connectivity index (χ2n) is 7.33. The standard InChI is InChI=1S/C22H18BClN4O2/c23-13-5-6-18-16(9-13)20(24)19-21(30-11-14(29)10-28-8-7-25-12-28)15-3-1-2-4-17(15)26-22(19)27-18/h1-9,12,14,29H,10-11,23H2. The molecule has 148 valence electrons. The average Bonchev–Trinajstić information content (AvgIpc) is 3.25. The fourth-order valence-electron chi connectivity index (χ4n) is 3.64. The van der Waals surface area contributed by atoms with Crippen LogP contribution in [0.4, 0.5) is 0 Å². The first-order chi connectivity index (χ1) is 14.6. The molecule has 3 heterocycles. The highest BCUT2D eigenvalue weighted by Crippen LogP contribution is 2.39. The zero-order valence-electron chi connectivity index (χ0n) is 16.3. The lowest BCUT2D eigenvalue weighted by Crippen LogP contribution is -2.23. The Morgan fingerprint density at radius 1 is 1.10 bits per heavy atom. The van der Waals surface area contributed by atoms with Crippen molar-refractivity contribution < 1.29 is 9.84 Å². The average molecular weight is 417 g/mol. The van der Waals surface area contributed by atoms with E-state index in [-0.39, 0.29) is 6.61 Å². The predicted molar refractivity (Wildman–Crippen MR) is 121 cm³/mol. The minimum Gasteiger partial charge on any atom is -0.489 e. The predicted octanol–water partition coefficient (Wildman–Crippen LogP) is 2.48. The molecule has 0 radical (unpaired) electrons. The number of pyridine rings is 2. The van der Waals surface area contributed by atoms with Crippen LogP contribution in [-0.4, -0.2) is 45.2 Å². The first-order valence-electron chi connectivity index (χ1n) is 9.65. The Kier molecular flexibility index (Phi) is 4.77. The second-order valence-corrected chi connectivity index (χ2v) is 7.71. The van der Waals surface area contributed by atoms with E-state index in [0.717, 1.165) is 27.3 Å². The van der Waals surface area contributed by atoms with Gasteiger partial charge >= 0.3 is 0 Å². The lowest BCUT2D eigenvalue weighted by Gasteiger charge is -2.17. The van der Waals surface area contributed by atoms with Gasteiger partial charge in [0.15, 0.2) is 5.65 Å². The van der Waals surface area contributed by atoms with Crippen LogP contribution in [0.1, 0.15) is 0 Å². The molecule has 30 heavy (non-hydrogen) atoms. The lowest BCUT2D eigenvalue weighted by molar-refractivity contribution is 0.0939. The van der Waals surface area contributed by atoms with Crippen molar-refractivity contribution >= 4 is 57.7 Å². The van der Waals surface area contributed by atoms with Gasteiger partial charge in [-0.25, -0.2) is 15.0 Å². The fraction of sp³-hybridized carbons (Fsp3) is 0.136. The van der Waals surface area contributed by atoms with E-state index in [0.29, 0.717) is 28.4 Å². The largest absolute Gasteiger partial charge is 0.489 e. The summed E-state index contributed by atoms with van der Waals surface area (Å²) in [4.78, 5) is 13.4. The number of halogens is 1. The van der Waals surface area contributed by atoms with Crippen LogP contribution in [0.5, 0.6) is 5.75 Å². The number of imidazole rings is 1. The maximum atomic E-state index is 10.5. The monoisotopic (exact) mass is 416 g/mol. The molecule has 8 heteroatoms. The summed E-state index contributed by atoms with van der Waals surface area (Å²) in [6.45, 7) is 0.485. The zero-order valence-corrected chi connectivity index (χ0v) is 17.0. The highest BCUT2D eigenvalue weighted by atomic mass is 35.5. The van der Waals surface area contributed by atoms with Gasteiger partial charge < -0.3 is 14.4 Å². The lowest BCUT2D eigenvalue weighted by atomic mass is 9.94. The van der Waals surface area contributed by atoms with Gasteiger partial charge in [-0.1, -0.05) is 41.3 Å². The Labute approximate surface area is 178 Å². The summed E-state index contributed by atoms with van der Waals surface area (Å²) in [5, 5.41) is 13.4. The van der Waals surface area contributed by atoms with Crippen LogP contribution < -0.4 is 10.2 Å². The summed E-state index contributed by atoms with van der Waals surface area (Å²) in [5.41, 5.74) is 3.16. The third-order valence-corrected chi connectivity index (χ3v) is 5.45. The number of hydrogen-bond acceptors (Lipinski definition) is 5. The highest BCUT2D eigenvalue weighted by molar-refractivity contribution is 6.42. The molecule has 3 aromatic heterocycles. The van der Waals surface area contributed by atoms with Crippen molar-refractivity contribution in [2.24, 2.45) is 0 Å². The smallest absolute Gasteiger partial charge is 0.165 e. The number of aliphatic hydroxyl groups is 1. The van der Waals surface area contributed by atoms with Crippen molar-refractivity contribution in [1.82, 2.24) is 19.5 Å². The molecular weight excluding hydrogens is 399 g/mol. The van der Waals surface area contributed by atoms with Crippen LogP contribution in [0.15, 0.2) is 61.2 Å². The molecule has 1 N–H and O–H groups in total. The number of hydrogen-bond donors (Lipinski definition) is 1. The van der Waals surface area contributed by atoms with Crippen molar-refractivity contribution in [2.75, 3.05) is 6.61 Å². The van der Waals surface area contributed by atoms with Crippen molar-refractivity contribution in [3.8, 4) is 5.75 Å². The molecule has 5 rings (SSSR count). The fourth-order valence-corrected chi connectivity index (χ4v) is 3.96. The van der Waals surface area contributed by atoms with Gasteiger partial charge in [-0.05, 0) is 18.2 Å². The molecule has 0 bridgehead atoms. The first kappa shape index (κ1) is 18.8. The van der Waals surface area contributed by atoms with Crippen molar-refractivity contribution in [2.45, 2.75) is 12.6 Å². The van der Waals surface area contributed by atoms with Crippen LogP contribution >= 0.6 is 11.6 Å². The number of fused-ring (bicyclic) bond motifs is 3. The molecule has 5 aromatic rings. The van der Waals surface area contributed by atoms with E-state index in [1.807, 2.05) is 54.9 Å². The Balaban J connectivity index is 1.65. The molecule has 1 atom stereocenters. The Morgan fingerprint density at radius 3 is 2.70 bits per heavy atom. The summed E-state index contributed by atoms with van der Waals surface area (Å²) in [6, 6.07) is 13.7. The molecule has 0 fully saturated rings. The van der Waals surface area contributed by atoms with Gasteiger partial charge in [0.25, 0.3) is 0 Å². The molecule has 0 aliphatic rings. The van der Waals surface area contributed by atoms with Gasteiger partial charge in [-0.3, -0.25) is 0 Å². The van der Waals surface area contributed by atoms with Gasteiger partial charge in [-0.2, -0.15) is 0 Å². The second kappa shape index (κ2) is 7.59. The van der Waals surface area contributed by atoms with Gasteiger partial charge in [0.05, 0.1) is 34.3 Å². The summed E-state index contributed by atoms with van der Waals surface area (Å²) in [5.74, 6) is 0.584. The van der Waals surface area contributed by atoms with Crippen molar-refractivity contribution in [3.05, 3.63) is 66.2 Å². The minimum atomic E-state index is -0.712. The number of aromatic nitrogens is 4. The third kappa shape index (κ3) is 3.36. The molecule has 0 saturated heterocycles. The number of para-hydroxylation sites is 1. The Hall–Kier alpha value is -3.16. The van der Waals surface area contributed by atoms with Gasteiger partial charge in [0.2, 0.25) is 0 Å². The normalized spacial score (nSPS) is 12.6. The van der Waals surface area contributed by atoms with Gasteiger partial charge in [0, 0.05) is 23.2 Å². The zero-order chi connectivity index (χ0) is 20.7. The third-order valence-electron chi connectivity index (χ3n) is 5.06. The van der Waals surface area contributed by atoms with E-state index in [1.54, 1.807) is 18.7 Å². The SMILES string of the molecule is Bc1ccc2nc3nc4ccccc4c(OCC(O)Cn4ccnc4)c3c(Cl)c2c1. The maximum absolute atomic E-state index is 10.5. The molecule has 0 saturated carbocycles. The molecular formula is C22H18BClN4O2. The quantitative estimate of drug-likeness (QED) is 0.352. The van der Waals surface area contributed by atoms with E-state index < -0.39 is 6.10 Å². The molecule has 6 nitrogen and oxygen atoms in total. The van der Waals surface area contributed by atoms with E-state index in [9.17, 15) is 5.11 Å². The minimum absolute atomic E-state index is 0.101. The number of ether oxygens (including phenoxy) is 1. The highest BCUT2D eigenvalue weighted by Gasteiger charge is 2.18.